The van der Waals surface area contributed by atoms with Crippen molar-refractivity contribution in [2.24, 2.45) is 0 Å². The topological polar surface area (TPSA) is 75.3 Å². The Kier molecular flexibility index (Phi) is 4.71. The number of fused-ring (bicyclic) bond motifs is 3. The van der Waals surface area contributed by atoms with E-state index >= 15 is 0 Å². The van der Waals surface area contributed by atoms with Gasteiger partial charge in [-0.05, 0) is 39.8 Å². The second kappa shape index (κ2) is 6.64. The standard InChI is InChI=1S/C19H22F3NO6/c1-17(2)26-11-12(27-17)14-16(29-18(3,4)28-14)25-13(11)15(24)23-10-8-6-5-7-9(10)19(20,21)22/h5-8,11-14,16H,1-4H3,(H,23,24)/t11-,12+,13+,14-,16+/m1/s1. The van der Waals surface area contributed by atoms with Crippen LogP contribution in [0, 0.1) is 0 Å². The van der Waals surface area contributed by atoms with E-state index in [2.05, 4.69) is 5.32 Å². The summed E-state index contributed by atoms with van der Waals surface area (Å²) in [5, 5.41) is 2.31. The largest absolute Gasteiger partial charge is 0.418 e. The van der Waals surface area contributed by atoms with Crippen molar-refractivity contribution in [1.29, 1.82) is 0 Å². The highest BCUT2D eigenvalue weighted by molar-refractivity contribution is 5.95. The fourth-order valence-electron chi connectivity index (χ4n) is 3.87. The molecule has 4 rings (SSSR count). The third kappa shape index (κ3) is 3.87. The maximum atomic E-state index is 13.3. The summed E-state index contributed by atoms with van der Waals surface area (Å²) in [6.07, 6.45) is -8.98. The number of ether oxygens (including phenoxy) is 5. The normalized spacial score (nSPS) is 35.1. The van der Waals surface area contributed by atoms with Crippen molar-refractivity contribution >= 4 is 11.6 Å². The number of benzene rings is 1. The molecule has 5 atom stereocenters. The average Bonchev–Trinajstić information content (AvgIpc) is 3.07. The zero-order valence-electron chi connectivity index (χ0n) is 16.3. The van der Waals surface area contributed by atoms with Gasteiger partial charge in [0.2, 0.25) is 0 Å². The van der Waals surface area contributed by atoms with Gasteiger partial charge in [-0.2, -0.15) is 13.2 Å². The summed E-state index contributed by atoms with van der Waals surface area (Å²) < 4.78 is 68.8. The van der Waals surface area contributed by atoms with E-state index in [9.17, 15) is 18.0 Å². The van der Waals surface area contributed by atoms with Crippen molar-refractivity contribution < 1.29 is 41.7 Å². The van der Waals surface area contributed by atoms with E-state index in [1.54, 1.807) is 27.7 Å². The molecule has 0 unspecified atom stereocenters. The first-order valence-corrected chi connectivity index (χ1v) is 9.20. The number of anilines is 1. The van der Waals surface area contributed by atoms with E-state index in [1.807, 2.05) is 0 Å². The van der Waals surface area contributed by atoms with Gasteiger partial charge in [0.15, 0.2) is 24.0 Å². The van der Waals surface area contributed by atoms with Crippen molar-refractivity contribution in [3.8, 4) is 0 Å². The highest BCUT2D eigenvalue weighted by Crippen LogP contribution is 2.44. The highest BCUT2D eigenvalue weighted by atomic mass is 19.4. The number of nitrogens with one attached hydrogen (secondary N) is 1. The monoisotopic (exact) mass is 417 g/mol. The molecule has 0 aromatic heterocycles. The molecule has 1 aromatic carbocycles. The van der Waals surface area contributed by atoms with E-state index in [4.69, 9.17) is 23.7 Å². The third-order valence-electron chi connectivity index (χ3n) is 4.90. The summed E-state index contributed by atoms with van der Waals surface area (Å²) in [7, 11) is 0. The number of rotatable bonds is 2. The van der Waals surface area contributed by atoms with Gasteiger partial charge >= 0.3 is 6.18 Å². The molecule has 1 N–H and O–H groups in total. The number of hydrogen-bond donors (Lipinski definition) is 1. The van der Waals surface area contributed by atoms with Gasteiger partial charge in [-0.25, -0.2) is 0 Å². The first-order valence-electron chi connectivity index (χ1n) is 9.20. The quantitative estimate of drug-likeness (QED) is 0.797. The van der Waals surface area contributed by atoms with Crippen molar-refractivity contribution in [3.63, 3.8) is 0 Å². The van der Waals surface area contributed by atoms with Crippen LogP contribution in [-0.4, -0.2) is 48.2 Å². The predicted molar refractivity (Wildman–Crippen MR) is 92.6 cm³/mol. The highest BCUT2D eigenvalue weighted by Gasteiger charge is 2.62. The minimum absolute atomic E-state index is 0.366. The van der Waals surface area contributed by atoms with Crippen LogP contribution in [0.2, 0.25) is 0 Å². The molecule has 10 heteroatoms. The molecule has 160 valence electrons. The molecule has 3 aliphatic heterocycles. The Balaban J connectivity index is 1.60. The fourth-order valence-corrected chi connectivity index (χ4v) is 3.87. The summed E-state index contributed by atoms with van der Waals surface area (Å²) in [5.74, 6) is -2.78. The molecule has 1 amide bonds. The lowest BCUT2D eigenvalue weighted by Crippen LogP contribution is -2.58. The SMILES string of the molecule is CC1(C)O[C@H]2[C@@H](O1)[C@@H](C(=O)Nc1ccccc1C(F)(F)F)O[C@H]1OC(C)(C)O[C@@H]12. The molecular weight excluding hydrogens is 395 g/mol. The maximum Gasteiger partial charge on any atom is 0.418 e. The summed E-state index contributed by atoms with van der Waals surface area (Å²) in [6, 6.07) is 4.72. The van der Waals surface area contributed by atoms with Crippen molar-refractivity contribution in [2.75, 3.05) is 5.32 Å². The van der Waals surface area contributed by atoms with Gasteiger partial charge in [0.1, 0.15) is 18.3 Å². The predicted octanol–water partition coefficient (Wildman–Crippen LogP) is 3.04. The van der Waals surface area contributed by atoms with Gasteiger partial charge in [-0.1, -0.05) is 12.1 Å². The zero-order valence-corrected chi connectivity index (χ0v) is 16.3. The molecule has 29 heavy (non-hydrogen) atoms. The number of amides is 1. The molecule has 3 aliphatic rings. The Labute approximate surface area is 165 Å². The second-order valence-electron chi connectivity index (χ2n) is 8.12. The number of halogens is 3. The lowest BCUT2D eigenvalue weighted by Gasteiger charge is -2.36. The van der Waals surface area contributed by atoms with Crippen LogP contribution in [0.5, 0.6) is 0 Å². The van der Waals surface area contributed by atoms with Crippen LogP contribution in [0.1, 0.15) is 33.3 Å². The molecule has 3 fully saturated rings. The van der Waals surface area contributed by atoms with Gasteiger partial charge in [0.25, 0.3) is 5.91 Å². The maximum absolute atomic E-state index is 13.3. The zero-order chi connectivity index (χ0) is 21.2. The van der Waals surface area contributed by atoms with Gasteiger partial charge in [-0.3, -0.25) is 4.79 Å². The molecule has 3 heterocycles. The van der Waals surface area contributed by atoms with Gasteiger partial charge in [0, 0.05) is 0 Å². The number of carbonyl (C=O) groups excluding carboxylic acids is 1. The van der Waals surface area contributed by atoms with E-state index in [0.717, 1.165) is 6.07 Å². The molecule has 0 aliphatic carbocycles. The minimum Gasteiger partial charge on any atom is -0.342 e. The molecule has 0 radical (unpaired) electrons. The Morgan fingerprint density at radius 1 is 0.931 bits per heavy atom. The Hall–Kier alpha value is -1.72. The smallest absolute Gasteiger partial charge is 0.342 e. The summed E-state index contributed by atoms with van der Waals surface area (Å²) >= 11 is 0. The number of para-hydroxylation sites is 1. The first kappa shape index (κ1) is 20.5. The Bertz CT molecular complexity index is 811. The molecular formula is C19H22F3NO6. The molecule has 0 saturated carbocycles. The molecule has 3 saturated heterocycles. The van der Waals surface area contributed by atoms with Crippen LogP contribution >= 0.6 is 0 Å². The third-order valence-corrected chi connectivity index (χ3v) is 4.90. The van der Waals surface area contributed by atoms with Gasteiger partial charge in [-0.15, -0.1) is 0 Å². The van der Waals surface area contributed by atoms with Crippen molar-refractivity contribution in [2.45, 2.75) is 76.2 Å². The molecule has 7 nitrogen and oxygen atoms in total. The van der Waals surface area contributed by atoms with Crippen molar-refractivity contribution in [1.82, 2.24) is 0 Å². The molecule has 1 aromatic rings. The summed E-state index contributed by atoms with van der Waals surface area (Å²) in [4.78, 5) is 12.9. The second-order valence-corrected chi connectivity index (χ2v) is 8.12. The van der Waals surface area contributed by atoms with E-state index < -0.39 is 59.9 Å². The van der Waals surface area contributed by atoms with E-state index in [0.29, 0.717) is 0 Å². The van der Waals surface area contributed by atoms with Crippen LogP contribution in [-0.2, 0) is 34.7 Å². The van der Waals surface area contributed by atoms with Crippen LogP contribution in [0.25, 0.3) is 0 Å². The molecule has 0 bridgehead atoms. The van der Waals surface area contributed by atoms with Crippen molar-refractivity contribution in [3.05, 3.63) is 29.8 Å². The first-order chi connectivity index (χ1) is 13.4. The number of alkyl halides is 3. The lowest BCUT2D eigenvalue weighted by molar-refractivity contribution is -0.229. The Morgan fingerprint density at radius 2 is 1.52 bits per heavy atom. The van der Waals surface area contributed by atoms with E-state index in [1.165, 1.54) is 18.2 Å². The summed E-state index contributed by atoms with van der Waals surface area (Å²) in [6.45, 7) is 6.74. The van der Waals surface area contributed by atoms with Crippen LogP contribution in [0.15, 0.2) is 24.3 Å². The number of hydrogen-bond acceptors (Lipinski definition) is 6. The number of carbonyl (C=O) groups is 1. The minimum atomic E-state index is -4.62. The lowest BCUT2D eigenvalue weighted by atomic mass is 9.98. The van der Waals surface area contributed by atoms with Crippen LogP contribution in [0.4, 0.5) is 18.9 Å². The van der Waals surface area contributed by atoms with Gasteiger partial charge in [0.05, 0.1) is 11.3 Å². The van der Waals surface area contributed by atoms with Gasteiger partial charge < -0.3 is 29.0 Å². The average molecular weight is 417 g/mol. The van der Waals surface area contributed by atoms with E-state index in [-0.39, 0.29) is 5.69 Å². The molecule has 0 spiro atoms. The fraction of sp³-hybridized carbons (Fsp3) is 0.632. The Morgan fingerprint density at radius 3 is 2.21 bits per heavy atom. The van der Waals surface area contributed by atoms with Crippen LogP contribution < -0.4 is 5.32 Å². The van der Waals surface area contributed by atoms with Crippen LogP contribution in [0.3, 0.4) is 0 Å². The summed E-state index contributed by atoms with van der Waals surface area (Å²) in [5.41, 5.74) is -1.32.